The second kappa shape index (κ2) is 5.58. The Bertz CT molecular complexity index is 276. The summed E-state index contributed by atoms with van der Waals surface area (Å²) in [5.41, 5.74) is 7.92. The molecular weight excluding hydrogens is 208 g/mol. The van der Waals surface area contributed by atoms with Crippen LogP contribution in [0.1, 0.15) is 37.0 Å². The van der Waals surface area contributed by atoms with Gasteiger partial charge in [-0.05, 0) is 12.8 Å². The summed E-state index contributed by atoms with van der Waals surface area (Å²) in [5.74, 6) is 0. The van der Waals surface area contributed by atoms with Crippen LogP contribution >= 0.6 is 11.3 Å². The molecule has 2 unspecified atom stereocenters. The van der Waals surface area contributed by atoms with Crippen molar-refractivity contribution in [2.75, 3.05) is 0 Å². The summed E-state index contributed by atoms with van der Waals surface area (Å²) >= 11 is 1.64. The average molecular weight is 226 g/mol. The van der Waals surface area contributed by atoms with E-state index in [9.17, 15) is 0 Å². The third-order valence-corrected chi connectivity index (χ3v) is 3.68. The van der Waals surface area contributed by atoms with Crippen LogP contribution in [0, 0.1) is 0 Å². The van der Waals surface area contributed by atoms with E-state index < -0.39 is 0 Å². The first-order valence-electron chi connectivity index (χ1n) is 5.61. The van der Waals surface area contributed by atoms with Crippen molar-refractivity contribution in [3.8, 4) is 0 Å². The third-order valence-electron chi connectivity index (χ3n) is 2.93. The number of nitrogens with zero attached hydrogens (tertiary/aromatic N) is 1. The fraction of sp³-hybridized carbons (Fsp3) is 0.727. The largest absolute Gasteiger partial charge is 0.371 e. The van der Waals surface area contributed by atoms with Crippen molar-refractivity contribution < 1.29 is 4.74 Å². The summed E-state index contributed by atoms with van der Waals surface area (Å²) in [7, 11) is 0. The summed E-state index contributed by atoms with van der Waals surface area (Å²) in [6.45, 7) is 0.670. The first-order valence-corrected chi connectivity index (χ1v) is 6.49. The molecule has 1 fully saturated rings. The third kappa shape index (κ3) is 3.26. The molecule has 1 aliphatic rings. The molecular formula is C11H18N2OS. The highest BCUT2D eigenvalue weighted by Crippen LogP contribution is 2.20. The van der Waals surface area contributed by atoms with Gasteiger partial charge in [-0.2, -0.15) is 0 Å². The van der Waals surface area contributed by atoms with Crippen molar-refractivity contribution in [1.82, 2.24) is 4.98 Å². The summed E-state index contributed by atoms with van der Waals surface area (Å²) in [6.07, 6.45) is 8.13. The van der Waals surface area contributed by atoms with Crippen LogP contribution in [0.3, 0.4) is 0 Å². The average Bonchev–Trinajstić information content (AvgIpc) is 2.67. The van der Waals surface area contributed by atoms with Gasteiger partial charge in [-0.3, -0.25) is 4.98 Å². The molecule has 0 amide bonds. The molecule has 0 aliphatic heterocycles. The van der Waals surface area contributed by atoms with E-state index in [0.29, 0.717) is 6.61 Å². The maximum Gasteiger partial charge on any atom is 0.0830 e. The Balaban J connectivity index is 1.81. The predicted octanol–water partition coefficient (Wildman–Crippen LogP) is 2.32. The summed E-state index contributed by atoms with van der Waals surface area (Å²) in [6, 6.07) is 0.223. The van der Waals surface area contributed by atoms with Gasteiger partial charge in [0.05, 0.1) is 23.1 Å². The molecule has 1 saturated carbocycles. The van der Waals surface area contributed by atoms with Crippen LogP contribution in [-0.4, -0.2) is 17.1 Å². The first-order chi connectivity index (χ1) is 7.36. The Labute approximate surface area is 94.7 Å². The van der Waals surface area contributed by atoms with E-state index in [1.165, 1.54) is 24.1 Å². The van der Waals surface area contributed by atoms with E-state index in [1.54, 1.807) is 11.3 Å². The standard InChI is InChI=1S/C11H18N2OS/c12-10-4-2-1-3-5-11(10)14-7-9-6-13-8-15-9/h6,8,10-11H,1-5,7,12H2. The maximum atomic E-state index is 6.08. The van der Waals surface area contributed by atoms with Crippen LogP contribution in [0.4, 0.5) is 0 Å². The Morgan fingerprint density at radius 3 is 3.07 bits per heavy atom. The zero-order valence-electron chi connectivity index (χ0n) is 8.89. The highest BCUT2D eigenvalue weighted by molar-refractivity contribution is 7.09. The lowest BCUT2D eigenvalue weighted by molar-refractivity contribution is 0.0207. The van der Waals surface area contributed by atoms with Gasteiger partial charge in [0.2, 0.25) is 0 Å². The van der Waals surface area contributed by atoms with Crippen molar-refractivity contribution in [3.05, 3.63) is 16.6 Å². The maximum absolute atomic E-state index is 6.08. The number of aromatic nitrogens is 1. The Kier molecular flexibility index (Phi) is 4.11. The van der Waals surface area contributed by atoms with Gasteiger partial charge < -0.3 is 10.5 Å². The Hall–Kier alpha value is -0.450. The normalized spacial score (nSPS) is 27.5. The molecule has 2 rings (SSSR count). The number of rotatable bonds is 3. The minimum atomic E-state index is 0.223. The molecule has 1 heterocycles. The molecule has 1 aromatic heterocycles. The summed E-state index contributed by atoms with van der Waals surface area (Å²) < 4.78 is 5.86. The van der Waals surface area contributed by atoms with Gasteiger partial charge in [-0.15, -0.1) is 11.3 Å². The SMILES string of the molecule is NC1CCCCCC1OCc1cncs1. The summed E-state index contributed by atoms with van der Waals surface area (Å²) in [5, 5.41) is 0. The van der Waals surface area contributed by atoms with E-state index in [1.807, 2.05) is 11.7 Å². The fourth-order valence-corrected chi connectivity index (χ4v) is 2.53. The number of hydrogen-bond donors (Lipinski definition) is 1. The lowest BCUT2D eigenvalue weighted by Crippen LogP contribution is -2.35. The lowest BCUT2D eigenvalue weighted by atomic mass is 10.1. The monoisotopic (exact) mass is 226 g/mol. The fourth-order valence-electron chi connectivity index (χ4n) is 2.01. The quantitative estimate of drug-likeness (QED) is 0.805. The van der Waals surface area contributed by atoms with Crippen molar-refractivity contribution >= 4 is 11.3 Å². The first kappa shape index (κ1) is 11.0. The van der Waals surface area contributed by atoms with Crippen LogP contribution in [0.2, 0.25) is 0 Å². The topological polar surface area (TPSA) is 48.1 Å². The minimum Gasteiger partial charge on any atom is -0.371 e. The highest BCUT2D eigenvalue weighted by Gasteiger charge is 2.20. The minimum absolute atomic E-state index is 0.223. The lowest BCUT2D eigenvalue weighted by Gasteiger charge is -2.21. The molecule has 3 nitrogen and oxygen atoms in total. The molecule has 1 aliphatic carbocycles. The molecule has 0 radical (unpaired) electrons. The number of hydrogen-bond acceptors (Lipinski definition) is 4. The molecule has 0 spiro atoms. The molecule has 0 saturated heterocycles. The summed E-state index contributed by atoms with van der Waals surface area (Å²) in [4.78, 5) is 5.22. The van der Waals surface area contributed by atoms with Crippen molar-refractivity contribution in [2.45, 2.75) is 50.9 Å². The van der Waals surface area contributed by atoms with E-state index in [-0.39, 0.29) is 12.1 Å². The van der Waals surface area contributed by atoms with Gasteiger partial charge >= 0.3 is 0 Å². The van der Waals surface area contributed by atoms with Gasteiger partial charge in [0.15, 0.2) is 0 Å². The van der Waals surface area contributed by atoms with Crippen LogP contribution < -0.4 is 5.73 Å². The van der Waals surface area contributed by atoms with Gasteiger partial charge in [0.1, 0.15) is 0 Å². The number of ether oxygens (including phenoxy) is 1. The second-order valence-electron chi connectivity index (χ2n) is 4.12. The van der Waals surface area contributed by atoms with Crippen LogP contribution in [-0.2, 0) is 11.3 Å². The van der Waals surface area contributed by atoms with Gasteiger partial charge in [0.25, 0.3) is 0 Å². The molecule has 1 aromatic rings. The van der Waals surface area contributed by atoms with Gasteiger partial charge in [-0.1, -0.05) is 19.3 Å². The zero-order valence-corrected chi connectivity index (χ0v) is 9.71. The predicted molar refractivity (Wildman–Crippen MR) is 61.8 cm³/mol. The van der Waals surface area contributed by atoms with E-state index in [0.717, 1.165) is 12.8 Å². The van der Waals surface area contributed by atoms with Crippen molar-refractivity contribution in [2.24, 2.45) is 5.73 Å². The second-order valence-corrected chi connectivity index (χ2v) is 5.09. The molecule has 15 heavy (non-hydrogen) atoms. The molecule has 0 aromatic carbocycles. The smallest absolute Gasteiger partial charge is 0.0830 e. The molecule has 2 N–H and O–H groups in total. The van der Waals surface area contributed by atoms with E-state index in [2.05, 4.69) is 4.98 Å². The molecule has 0 bridgehead atoms. The van der Waals surface area contributed by atoms with Crippen molar-refractivity contribution in [1.29, 1.82) is 0 Å². The number of nitrogens with two attached hydrogens (primary N) is 1. The molecule has 84 valence electrons. The van der Waals surface area contributed by atoms with Crippen LogP contribution in [0.25, 0.3) is 0 Å². The van der Waals surface area contributed by atoms with Gasteiger partial charge in [-0.25, -0.2) is 0 Å². The van der Waals surface area contributed by atoms with Crippen LogP contribution in [0.15, 0.2) is 11.7 Å². The van der Waals surface area contributed by atoms with Crippen molar-refractivity contribution in [3.63, 3.8) is 0 Å². The zero-order chi connectivity index (χ0) is 10.5. The van der Waals surface area contributed by atoms with Gasteiger partial charge in [0, 0.05) is 12.2 Å². The Morgan fingerprint density at radius 2 is 2.27 bits per heavy atom. The van der Waals surface area contributed by atoms with E-state index >= 15 is 0 Å². The molecule has 4 heteroatoms. The highest BCUT2D eigenvalue weighted by atomic mass is 32.1. The molecule has 2 atom stereocenters. The Morgan fingerprint density at radius 1 is 1.40 bits per heavy atom. The van der Waals surface area contributed by atoms with Crippen LogP contribution in [0.5, 0.6) is 0 Å². The van der Waals surface area contributed by atoms with E-state index in [4.69, 9.17) is 10.5 Å². The number of thiazole rings is 1.